The van der Waals surface area contributed by atoms with Crippen molar-refractivity contribution in [1.29, 1.82) is 0 Å². The molecule has 0 saturated carbocycles. The third-order valence-electron chi connectivity index (χ3n) is 2.98. The van der Waals surface area contributed by atoms with E-state index in [1.54, 1.807) is 12.1 Å². The SMILES string of the molecule is Cc1ccccc1NC(C)Cc1cccc(F)c1. The quantitative estimate of drug-likeness (QED) is 0.849. The van der Waals surface area contributed by atoms with E-state index in [0.717, 1.165) is 17.7 Å². The number of halogens is 1. The average Bonchev–Trinajstić information content (AvgIpc) is 2.32. The highest BCUT2D eigenvalue weighted by Crippen LogP contribution is 2.16. The molecule has 18 heavy (non-hydrogen) atoms. The highest BCUT2D eigenvalue weighted by Gasteiger charge is 2.05. The summed E-state index contributed by atoms with van der Waals surface area (Å²) in [6, 6.07) is 15.2. The summed E-state index contributed by atoms with van der Waals surface area (Å²) in [6.45, 7) is 4.19. The second kappa shape index (κ2) is 5.67. The van der Waals surface area contributed by atoms with Crippen LogP contribution >= 0.6 is 0 Å². The Bertz CT molecular complexity index is 522. The van der Waals surface area contributed by atoms with Crippen molar-refractivity contribution >= 4 is 5.69 Å². The fourth-order valence-electron chi connectivity index (χ4n) is 2.07. The normalized spacial score (nSPS) is 12.2. The molecule has 1 N–H and O–H groups in total. The van der Waals surface area contributed by atoms with E-state index in [1.807, 2.05) is 18.2 Å². The molecule has 94 valence electrons. The van der Waals surface area contributed by atoms with Crippen molar-refractivity contribution in [2.45, 2.75) is 26.3 Å². The lowest BCUT2D eigenvalue weighted by Crippen LogP contribution is -2.18. The van der Waals surface area contributed by atoms with Crippen LogP contribution in [0, 0.1) is 12.7 Å². The zero-order valence-corrected chi connectivity index (χ0v) is 10.8. The first-order valence-corrected chi connectivity index (χ1v) is 6.22. The lowest BCUT2D eigenvalue weighted by Gasteiger charge is -2.17. The summed E-state index contributed by atoms with van der Waals surface area (Å²) in [5.41, 5.74) is 3.38. The second-order valence-corrected chi connectivity index (χ2v) is 4.69. The molecule has 2 aromatic carbocycles. The number of para-hydroxylation sites is 1. The van der Waals surface area contributed by atoms with Crippen LogP contribution < -0.4 is 5.32 Å². The van der Waals surface area contributed by atoms with Crippen molar-refractivity contribution in [3.63, 3.8) is 0 Å². The molecule has 2 aromatic rings. The van der Waals surface area contributed by atoms with Crippen molar-refractivity contribution in [1.82, 2.24) is 0 Å². The zero-order valence-electron chi connectivity index (χ0n) is 10.8. The largest absolute Gasteiger partial charge is 0.382 e. The third-order valence-corrected chi connectivity index (χ3v) is 2.98. The number of anilines is 1. The first-order chi connectivity index (χ1) is 8.65. The molecule has 2 heteroatoms. The van der Waals surface area contributed by atoms with E-state index in [4.69, 9.17) is 0 Å². The van der Waals surface area contributed by atoms with Crippen LogP contribution in [0.5, 0.6) is 0 Å². The summed E-state index contributed by atoms with van der Waals surface area (Å²) in [4.78, 5) is 0. The Balaban J connectivity index is 2.01. The van der Waals surface area contributed by atoms with Gasteiger partial charge in [0.05, 0.1) is 0 Å². The number of aryl methyl sites for hydroxylation is 1. The van der Waals surface area contributed by atoms with Crippen molar-refractivity contribution in [3.05, 3.63) is 65.5 Å². The van der Waals surface area contributed by atoms with Gasteiger partial charge in [0, 0.05) is 11.7 Å². The maximum atomic E-state index is 13.1. The smallest absolute Gasteiger partial charge is 0.123 e. The Labute approximate surface area is 108 Å². The Morgan fingerprint density at radius 1 is 1.11 bits per heavy atom. The predicted molar refractivity (Wildman–Crippen MR) is 74.4 cm³/mol. The van der Waals surface area contributed by atoms with Crippen LogP contribution in [0.4, 0.5) is 10.1 Å². The second-order valence-electron chi connectivity index (χ2n) is 4.69. The van der Waals surface area contributed by atoms with Gasteiger partial charge in [-0.3, -0.25) is 0 Å². The molecule has 0 aliphatic carbocycles. The van der Waals surface area contributed by atoms with Gasteiger partial charge in [-0.05, 0) is 49.6 Å². The zero-order chi connectivity index (χ0) is 13.0. The van der Waals surface area contributed by atoms with Crippen LogP contribution in [0.15, 0.2) is 48.5 Å². The predicted octanol–water partition coefficient (Wildman–Crippen LogP) is 4.18. The fourth-order valence-corrected chi connectivity index (χ4v) is 2.07. The van der Waals surface area contributed by atoms with Crippen LogP contribution in [-0.2, 0) is 6.42 Å². The Hall–Kier alpha value is -1.83. The summed E-state index contributed by atoms with van der Waals surface area (Å²) in [6.07, 6.45) is 0.812. The van der Waals surface area contributed by atoms with Crippen LogP contribution in [0.3, 0.4) is 0 Å². The molecule has 0 aliphatic rings. The van der Waals surface area contributed by atoms with Gasteiger partial charge in [0.25, 0.3) is 0 Å². The number of hydrogen-bond donors (Lipinski definition) is 1. The maximum Gasteiger partial charge on any atom is 0.123 e. The number of rotatable bonds is 4. The van der Waals surface area contributed by atoms with Gasteiger partial charge in [0.1, 0.15) is 5.82 Å². The van der Waals surface area contributed by atoms with Gasteiger partial charge in [0.2, 0.25) is 0 Å². The summed E-state index contributed by atoms with van der Waals surface area (Å²) in [7, 11) is 0. The van der Waals surface area contributed by atoms with Crippen LogP contribution in [0.1, 0.15) is 18.1 Å². The molecule has 0 fully saturated rings. The minimum absolute atomic E-state index is 0.171. The topological polar surface area (TPSA) is 12.0 Å². The van der Waals surface area contributed by atoms with E-state index >= 15 is 0 Å². The van der Waals surface area contributed by atoms with Crippen LogP contribution in [-0.4, -0.2) is 6.04 Å². The van der Waals surface area contributed by atoms with Gasteiger partial charge < -0.3 is 5.32 Å². The Morgan fingerprint density at radius 2 is 1.89 bits per heavy atom. The van der Waals surface area contributed by atoms with Gasteiger partial charge in [-0.2, -0.15) is 0 Å². The average molecular weight is 243 g/mol. The van der Waals surface area contributed by atoms with E-state index < -0.39 is 0 Å². The Kier molecular flexibility index (Phi) is 3.98. The van der Waals surface area contributed by atoms with Crippen molar-refractivity contribution < 1.29 is 4.39 Å². The minimum atomic E-state index is -0.171. The molecular weight excluding hydrogens is 225 g/mol. The van der Waals surface area contributed by atoms with Gasteiger partial charge in [-0.1, -0.05) is 30.3 Å². The lowest BCUT2D eigenvalue weighted by atomic mass is 10.1. The molecule has 2 rings (SSSR count). The molecule has 1 unspecified atom stereocenters. The molecule has 0 amide bonds. The van der Waals surface area contributed by atoms with Crippen LogP contribution in [0.2, 0.25) is 0 Å². The summed E-state index contributed by atoms with van der Waals surface area (Å²) in [5, 5.41) is 3.46. The summed E-state index contributed by atoms with van der Waals surface area (Å²) >= 11 is 0. The molecule has 1 nitrogen and oxygen atoms in total. The number of nitrogens with one attached hydrogen (secondary N) is 1. The molecule has 0 bridgehead atoms. The van der Waals surface area contributed by atoms with Crippen molar-refractivity contribution in [3.8, 4) is 0 Å². The highest BCUT2D eigenvalue weighted by atomic mass is 19.1. The molecule has 0 spiro atoms. The van der Waals surface area contributed by atoms with Crippen LogP contribution in [0.25, 0.3) is 0 Å². The molecule has 0 heterocycles. The first-order valence-electron chi connectivity index (χ1n) is 6.22. The third kappa shape index (κ3) is 3.33. The lowest BCUT2D eigenvalue weighted by molar-refractivity contribution is 0.624. The molecule has 0 aliphatic heterocycles. The standard InChI is InChI=1S/C16H18FN/c1-12-6-3-4-9-16(12)18-13(2)10-14-7-5-8-15(17)11-14/h3-9,11,13,18H,10H2,1-2H3. The fraction of sp³-hybridized carbons (Fsp3) is 0.250. The molecule has 0 aromatic heterocycles. The molecular formula is C16H18FN. The first kappa shape index (κ1) is 12.6. The van der Waals surface area contributed by atoms with Gasteiger partial charge >= 0.3 is 0 Å². The molecule has 0 radical (unpaired) electrons. The van der Waals surface area contributed by atoms with E-state index in [0.29, 0.717) is 0 Å². The highest BCUT2D eigenvalue weighted by molar-refractivity contribution is 5.51. The van der Waals surface area contributed by atoms with E-state index in [1.165, 1.54) is 11.6 Å². The molecule has 1 atom stereocenters. The van der Waals surface area contributed by atoms with E-state index in [-0.39, 0.29) is 11.9 Å². The van der Waals surface area contributed by atoms with Crippen molar-refractivity contribution in [2.24, 2.45) is 0 Å². The monoisotopic (exact) mass is 243 g/mol. The number of benzene rings is 2. The number of hydrogen-bond acceptors (Lipinski definition) is 1. The summed E-state index contributed by atoms with van der Waals surface area (Å²) in [5.74, 6) is -0.171. The molecule has 0 saturated heterocycles. The van der Waals surface area contributed by atoms with Gasteiger partial charge in [-0.15, -0.1) is 0 Å². The maximum absolute atomic E-state index is 13.1. The van der Waals surface area contributed by atoms with Crippen molar-refractivity contribution in [2.75, 3.05) is 5.32 Å². The van der Waals surface area contributed by atoms with Gasteiger partial charge in [-0.25, -0.2) is 4.39 Å². The van der Waals surface area contributed by atoms with E-state index in [2.05, 4.69) is 31.3 Å². The van der Waals surface area contributed by atoms with Gasteiger partial charge in [0.15, 0.2) is 0 Å². The summed E-state index contributed by atoms with van der Waals surface area (Å²) < 4.78 is 13.1. The van der Waals surface area contributed by atoms with E-state index in [9.17, 15) is 4.39 Å². The Morgan fingerprint density at radius 3 is 2.61 bits per heavy atom. The minimum Gasteiger partial charge on any atom is -0.382 e.